The molecule has 1 saturated carbocycles. The Morgan fingerprint density at radius 3 is 2.73 bits per heavy atom. The van der Waals surface area contributed by atoms with Crippen molar-refractivity contribution in [3.05, 3.63) is 35.6 Å². The van der Waals surface area contributed by atoms with Crippen LogP contribution in [0, 0.1) is 0 Å². The van der Waals surface area contributed by atoms with Gasteiger partial charge >= 0.3 is 0 Å². The van der Waals surface area contributed by atoms with Crippen LogP contribution in [-0.2, 0) is 0 Å². The third kappa shape index (κ3) is 2.72. The first-order valence-corrected chi connectivity index (χ1v) is 5.51. The van der Waals surface area contributed by atoms with E-state index < -0.39 is 0 Å². The van der Waals surface area contributed by atoms with Crippen molar-refractivity contribution in [2.75, 3.05) is 14.1 Å². The number of likely N-dealkylation sites (N-methyl/N-ethyl adjacent to an activating group) is 1. The molecule has 0 aromatic heterocycles. The van der Waals surface area contributed by atoms with Crippen molar-refractivity contribution in [1.82, 2.24) is 4.90 Å². The van der Waals surface area contributed by atoms with Gasteiger partial charge in [-0.3, -0.25) is 0 Å². The van der Waals surface area contributed by atoms with Crippen LogP contribution in [0.1, 0.15) is 26.2 Å². The fraction of sp³-hybridized carbons (Fsp3) is 0.538. The highest BCUT2D eigenvalue weighted by Crippen LogP contribution is 2.32. The van der Waals surface area contributed by atoms with Crippen molar-refractivity contribution in [2.24, 2.45) is 5.73 Å². The van der Waals surface area contributed by atoms with E-state index in [4.69, 9.17) is 5.73 Å². The van der Waals surface area contributed by atoms with Crippen LogP contribution < -0.4 is 5.73 Å². The first-order chi connectivity index (χ1) is 7.07. The molecular formula is C13H22N2. The number of hydrogen-bond donors (Lipinski definition) is 1. The Labute approximate surface area is 93.1 Å². The van der Waals surface area contributed by atoms with Crippen LogP contribution in [0.5, 0.6) is 0 Å². The molecule has 1 aliphatic rings. The predicted molar refractivity (Wildman–Crippen MR) is 66.5 cm³/mol. The Morgan fingerprint density at radius 1 is 1.53 bits per heavy atom. The highest BCUT2D eigenvalue weighted by atomic mass is 15.1. The van der Waals surface area contributed by atoms with Gasteiger partial charge in [-0.05, 0) is 69.3 Å². The van der Waals surface area contributed by atoms with Crippen LogP contribution >= 0.6 is 0 Å². The summed E-state index contributed by atoms with van der Waals surface area (Å²) >= 11 is 0. The molecule has 1 aliphatic carbocycles. The van der Waals surface area contributed by atoms with Gasteiger partial charge in [0.05, 0.1) is 0 Å². The lowest BCUT2D eigenvalue weighted by atomic mass is 9.83. The first-order valence-electron chi connectivity index (χ1n) is 5.51. The second-order valence-corrected chi connectivity index (χ2v) is 4.42. The molecule has 0 bridgehead atoms. The van der Waals surface area contributed by atoms with Gasteiger partial charge in [0.15, 0.2) is 0 Å². The van der Waals surface area contributed by atoms with E-state index in [9.17, 15) is 0 Å². The van der Waals surface area contributed by atoms with Gasteiger partial charge in [0.25, 0.3) is 0 Å². The third-order valence-corrected chi connectivity index (χ3v) is 3.14. The molecular weight excluding hydrogens is 184 g/mol. The Balaban J connectivity index is 2.93. The number of hydrogen-bond acceptors (Lipinski definition) is 2. The SMILES string of the molecule is C=C1/C(=C(C)\C=C/N)CCCC1N(C)C. The van der Waals surface area contributed by atoms with Crippen LogP contribution in [0.15, 0.2) is 35.6 Å². The lowest BCUT2D eigenvalue weighted by Crippen LogP contribution is -2.32. The zero-order valence-electron chi connectivity index (χ0n) is 10.1. The maximum atomic E-state index is 5.42. The zero-order chi connectivity index (χ0) is 11.4. The highest BCUT2D eigenvalue weighted by molar-refractivity contribution is 5.41. The van der Waals surface area contributed by atoms with Crippen LogP contribution in [0.25, 0.3) is 0 Å². The number of rotatable bonds is 2. The molecule has 0 aromatic carbocycles. The molecule has 1 atom stereocenters. The van der Waals surface area contributed by atoms with Crippen molar-refractivity contribution in [3.8, 4) is 0 Å². The lowest BCUT2D eigenvalue weighted by molar-refractivity contribution is 0.300. The summed E-state index contributed by atoms with van der Waals surface area (Å²) in [5, 5.41) is 0. The van der Waals surface area contributed by atoms with E-state index in [1.54, 1.807) is 6.20 Å². The molecule has 0 aliphatic heterocycles. The van der Waals surface area contributed by atoms with Gasteiger partial charge in [-0.15, -0.1) is 0 Å². The standard InChI is InChI=1S/C13H22N2/c1-10(8-9-14)12-6-5-7-13(11(12)2)15(3)4/h8-9,13H,2,5-7,14H2,1,3-4H3/b9-8-,12-10-. The Hall–Kier alpha value is -1.02. The molecule has 0 aromatic rings. The van der Waals surface area contributed by atoms with Crippen molar-refractivity contribution >= 4 is 0 Å². The highest BCUT2D eigenvalue weighted by Gasteiger charge is 2.23. The number of allylic oxidation sites excluding steroid dienone is 2. The monoisotopic (exact) mass is 206 g/mol. The summed E-state index contributed by atoms with van der Waals surface area (Å²) in [7, 11) is 4.24. The zero-order valence-corrected chi connectivity index (χ0v) is 10.1. The molecule has 0 heterocycles. The second kappa shape index (κ2) is 5.17. The Bertz CT molecular complexity index is 298. The molecule has 2 heteroatoms. The van der Waals surface area contributed by atoms with Crippen LogP contribution in [-0.4, -0.2) is 25.0 Å². The molecule has 0 amide bonds. The third-order valence-electron chi connectivity index (χ3n) is 3.14. The minimum Gasteiger partial charge on any atom is -0.405 e. The van der Waals surface area contributed by atoms with E-state index in [-0.39, 0.29) is 0 Å². The molecule has 0 radical (unpaired) electrons. The largest absolute Gasteiger partial charge is 0.405 e. The lowest BCUT2D eigenvalue weighted by Gasteiger charge is -2.33. The summed E-state index contributed by atoms with van der Waals surface area (Å²) in [4.78, 5) is 2.25. The van der Waals surface area contributed by atoms with Gasteiger partial charge in [-0.25, -0.2) is 0 Å². The van der Waals surface area contributed by atoms with E-state index in [2.05, 4.69) is 32.5 Å². The van der Waals surface area contributed by atoms with Crippen molar-refractivity contribution in [3.63, 3.8) is 0 Å². The fourth-order valence-electron chi connectivity index (χ4n) is 2.27. The number of nitrogens with two attached hydrogens (primary N) is 1. The van der Waals surface area contributed by atoms with E-state index in [1.807, 2.05) is 6.08 Å². The average molecular weight is 206 g/mol. The van der Waals surface area contributed by atoms with Gasteiger partial charge in [-0.2, -0.15) is 0 Å². The van der Waals surface area contributed by atoms with E-state index >= 15 is 0 Å². The normalized spacial score (nSPS) is 26.4. The summed E-state index contributed by atoms with van der Waals surface area (Å²) in [5.41, 5.74) is 9.34. The summed E-state index contributed by atoms with van der Waals surface area (Å²) in [5.74, 6) is 0. The van der Waals surface area contributed by atoms with Crippen molar-refractivity contribution in [1.29, 1.82) is 0 Å². The topological polar surface area (TPSA) is 29.3 Å². The second-order valence-electron chi connectivity index (χ2n) is 4.42. The maximum absolute atomic E-state index is 5.42. The average Bonchev–Trinajstić information content (AvgIpc) is 2.17. The van der Waals surface area contributed by atoms with Crippen molar-refractivity contribution < 1.29 is 0 Å². The van der Waals surface area contributed by atoms with E-state index in [0.717, 1.165) is 6.42 Å². The first kappa shape index (κ1) is 12.1. The molecule has 0 saturated heterocycles. The smallest absolute Gasteiger partial charge is 0.0339 e. The van der Waals surface area contributed by atoms with Gasteiger partial charge in [0.2, 0.25) is 0 Å². The van der Waals surface area contributed by atoms with Crippen LogP contribution in [0.2, 0.25) is 0 Å². The summed E-state index contributed by atoms with van der Waals surface area (Å²) in [6.07, 6.45) is 7.18. The maximum Gasteiger partial charge on any atom is 0.0339 e. The molecule has 0 spiro atoms. The predicted octanol–water partition coefficient (Wildman–Crippen LogP) is 2.45. The molecule has 1 unspecified atom stereocenters. The Kier molecular flexibility index (Phi) is 4.15. The van der Waals surface area contributed by atoms with Crippen LogP contribution in [0.4, 0.5) is 0 Å². The summed E-state index contributed by atoms with van der Waals surface area (Å²) in [6, 6.07) is 0.495. The molecule has 1 fully saturated rings. The molecule has 2 nitrogen and oxygen atoms in total. The minimum absolute atomic E-state index is 0.495. The Morgan fingerprint density at radius 2 is 2.20 bits per heavy atom. The van der Waals surface area contributed by atoms with Gasteiger partial charge in [0, 0.05) is 6.04 Å². The summed E-state index contributed by atoms with van der Waals surface area (Å²) in [6.45, 7) is 6.34. The molecule has 15 heavy (non-hydrogen) atoms. The number of nitrogens with zero attached hydrogens (tertiary/aromatic N) is 1. The van der Waals surface area contributed by atoms with E-state index in [1.165, 1.54) is 29.6 Å². The van der Waals surface area contributed by atoms with E-state index in [0.29, 0.717) is 6.04 Å². The molecule has 1 rings (SSSR count). The molecule has 84 valence electrons. The van der Waals surface area contributed by atoms with Gasteiger partial charge in [-0.1, -0.05) is 6.58 Å². The van der Waals surface area contributed by atoms with Crippen molar-refractivity contribution in [2.45, 2.75) is 32.2 Å². The van der Waals surface area contributed by atoms with Crippen LogP contribution in [0.3, 0.4) is 0 Å². The van der Waals surface area contributed by atoms with Gasteiger partial charge < -0.3 is 10.6 Å². The van der Waals surface area contributed by atoms with Gasteiger partial charge in [0.1, 0.15) is 0 Å². The fourth-order valence-corrected chi connectivity index (χ4v) is 2.27. The summed E-state index contributed by atoms with van der Waals surface area (Å²) < 4.78 is 0. The minimum atomic E-state index is 0.495. The quantitative estimate of drug-likeness (QED) is 0.752. The molecule has 2 N–H and O–H groups in total.